The van der Waals surface area contributed by atoms with E-state index in [1.807, 2.05) is 13.0 Å². The van der Waals surface area contributed by atoms with Gasteiger partial charge in [0.1, 0.15) is 29.5 Å². The summed E-state index contributed by atoms with van der Waals surface area (Å²) in [5, 5.41) is 14.8. The van der Waals surface area contributed by atoms with Crippen molar-refractivity contribution < 1.29 is 60.1 Å². The summed E-state index contributed by atoms with van der Waals surface area (Å²) in [6.45, 7) is 6.42. The van der Waals surface area contributed by atoms with Crippen LogP contribution in [0.25, 0.3) is 11.0 Å². The van der Waals surface area contributed by atoms with Gasteiger partial charge in [0.2, 0.25) is 33.4 Å². The van der Waals surface area contributed by atoms with Crippen LogP contribution in [0.2, 0.25) is 0 Å². The zero-order chi connectivity index (χ0) is 42.4. The predicted molar refractivity (Wildman–Crippen MR) is 201 cm³/mol. The molecule has 318 valence electrons. The molecular weight excluding hydrogens is 790 g/mol. The van der Waals surface area contributed by atoms with Crippen LogP contribution in [0.5, 0.6) is 11.6 Å². The van der Waals surface area contributed by atoms with E-state index in [0.717, 1.165) is 4.90 Å². The highest BCUT2D eigenvalue weighted by Crippen LogP contribution is 2.48. The number of nitrogens with zero attached hydrogens (tertiary/aromatic N) is 3. The van der Waals surface area contributed by atoms with Gasteiger partial charge in [0.05, 0.1) is 35.0 Å². The molecule has 1 aromatic heterocycles. The Morgan fingerprint density at radius 3 is 2.50 bits per heavy atom. The molecule has 3 heterocycles. The molecule has 58 heavy (non-hydrogen) atoms. The van der Waals surface area contributed by atoms with Crippen molar-refractivity contribution in [2.24, 2.45) is 17.8 Å². The van der Waals surface area contributed by atoms with Gasteiger partial charge in [-0.05, 0) is 77.3 Å². The Morgan fingerprint density at radius 1 is 1.14 bits per heavy atom. The maximum absolute atomic E-state index is 14.6. The van der Waals surface area contributed by atoms with Crippen LogP contribution in [-0.4, -0.2) is 107 Å². The van der Waals surface area contributed by atoms with Crippen molar-refractivity contribution in [3.63, 3.8) is 0 Å². The van der Waals surface area contributed by atoms with Crippen molar-refractivity contribution in [1.29, 1.82) is 0 Å². The number of carboxylic acid groups (broad SMARTS) is 1. The summed E-state index contributed by atoms with van der Waals surface area (Å²) in [4.78, 5) is 64.0. The number of amides is 4. The lowest BCUT2D eigenvalue weighted by molar-refractivity contribution is -0.143. The number of hydrogen-bond donors (Lipinski definition) is 4. The second kappa shape index (κ2) is 16.1. The SMILES string of the molecule is COC[C@@H]1C[C@@H](C)CC/C=C\[C@@H]2C[C@@]2(C(=O)NS(=O)(=O)C2(C)CC2)NC(=O)[C@@H]2C[C@@H](Oc3nc4cc(OC(C)C)ccc4nc3C(F)(F)F)CN2C(=O)[C@H]1NC(=O)O. The van der Waals surface area contributed by atoms with Crippen molar-refractivity contribution in [2.75, 3.05) is 20.3 Å². The van der Waals surface area contributed by atoms with E-state index in [0.29, 0.717) is 37.9 Å². The molecule has 4 N–H and O–H groups in total. The standard InChI is InChI=1S/C38H49F3N6O10S/c1-20(2)56-24-10-11-26-27(15-24)43-32(30(42-26)38(39,40)41)57-25-16-28-31(48)45-37(34(50)46-58(53,54)36(4)12-13-36)17-23(37)9-7-6-8-21(3)14-22(19-55-5)29(44-35(51)52)33(49)47(28)18-25/h7,9-11,15,20-23,25,28-29,44H,6,8,12-14,16-19H2,1-5H3,(H,45,48)(H,46,50)(H,51,52)/b9-7-/t21-,22-,23+,25+,28-,29-,37+/m0/s1. The molecule has 6 rings (SSSR count). The number of carbonyl (C=O) groups is 4. The molecule has 1 saturated heterocycles. The molecule has 2 saturated carbocycles. The third kappa shape index (κ3) is 9.11. The van der Waals surface area contributed by atoms with E-state index < -0.39 is 105 Å². The third-order valence-electron chi connectivity index (χ3n) is 11.3. The molecule has 0 bridgehead atoms. The highest BCUT2D eigenvalue weighted by Gasteiger charge is 2.63. The molecule has 16 nitrogen and oxygen atoms in total. The van der Waals surface area contributed by atoms with Crippen molar-refractivity contribution in [2.45, 2.75) is 113 Å². The highest BCUT2D eigenvalue weighted by molar-refractivity contribution is 7.91. The fraction of sp³-hybridized carbons (Fsp3) is 0.632. The van der Waals surface area contributed by atoms with Crippen LogP contribution in [0.3, 0.4) is 0 Å². The van der Waals surface area contributed by atoms with Crippen LogP contribution in [0.4, 0.5) is 18.0 Å². The van der Waals surface area contributed by atoms with Crippen LogP contribution in [-0.2, 0) is 35.3 Å². The molecule has 7 atom stereocenters. The first-order valence-electron chi connectivity index (χ1n) is 19.2. The summed E-state index contributed by atoms with van der Waals surface area (Å²) in [6, 6.07) is 1.21. The van der Waals surface area contributed by atoms with Gasteiger partial charge in [-0.3, -0.25) is 19.1 Å². The van der Waals surface area contributed by atoms with Crippen LogP contribution in [0, 0.1) is 17.8 Å². The maximum Gasteiger partial charge on any atom is 0.438 e. The second-order valence-corrected chi connectivity index (χ2v) is 18.5. The van der Waals surface area contributed by atoms with Gasteiger partial charge in [-0.2, -0.15) is 13.2 Å². The Labute approximate surface area is 333 Å². The highest BCUT2D eigenvalue weighted by atomic mass is 32.2. The van der Waals surface area contributed by atoms with E-state index in [2.05, 4.69) is 25.3 Å². The summed E-state index contributed by atoms with van der Waals surface area (Å²) in [7, 11) is -2.73. The van der Waals surface area contributed by atoms with Gasteiger partial charge in [0.15, 0.2) is 0 Å². The zero-order valence-corrected chi connectivity index (χ0v) is 33.6. The lowest BCUT2D eigenvalue weighted by Crippen LogP contribution is -2.59. The van der Waals surface area contributed by atoms with Gasteiger partial charge >= 0.3 is 12.3 Å². The first-order valence-corrected chi connectivity index (χ1v) is 20.7. The van der Waals surface area contributed by atoms with Gasteiger partial charge in [-0.25, -0.2) is 23.2 Å². The van der Waals surface area contributed by atoms with Gasteiger partial charge in [-0.15, -0.1) is 0 Å². The number of allylic oxidation sites excluding steroid dienone is 1. The van der Waals surface area contributed by atoms with E-state index in [-0.39, 0.29) is 36.1 Å². The number of carbonyl (C=O) groups excluding carboxylic acids is 3. The van der Waals surface area contributed by atoms with Gasteiger partial charge in [0.25, 0.3) is 5.91 Å². The fourth-order valence-corrected chi connectivity index (χ4v) is 9.02. The van der Waals surface area contributed by atoms with Crippen LogP contribution in [0.1, 0.15) is 78.3 Å². The minimum absolute atomic E-state index is 0.0147. The molecule has 0 spiro atoms. The summed E-state index contributed by atoms with van der Waals surface area (Å²) in [6.07, 6.45) is -2.83. The zero-order valence-electron chi connectivity index (χ0n) is 32.8. The van der Waals surface area contributed by atoms with Crippen molar-refractivity contribution in [3.8, 4) is 11.6 Å². The molecule has 0 unspecified atom stereocenters. The maximum atomic E-state index is 14.6. The topological polar surface area (TPSA) is 215 Å². The summed E-state index contributed by atoms with van der Waals surface area (Å²) in [5.74, 6) is -4.77. The van der Waals surface area contributed by atoms with E-state index >= 15 is 0 Å². The van der Waals surface area contributed by atoms with E-state index in [4.69, 9.17) is 14.2 Å². The molecule has 2 aromatic rings. The fourth-order valence-electron chi connectivity index (χ4n) is 7.71. The molecule has 20 heteroatoms. The van der Waals surface area contributed by atoms with Crippen molar-refractivity contribution in [1.82, 2.24) is 30.2 Å². The number of sulfonamides is 1. The first-order chi connectivity index (χ1) is 27.2. The summed E-state index contributed by atoms with van der Waals surface area (Å²) in [5.41, 5.74) is -3.27. The average molecular weight is 839 g/mol. The minimum atomic E-state index is -5.04. The number of ether oxygens (including phenoxy) is 3. The molecule has 2 aliphatic heterocycles. The molecule has 0 radical (unpaired) electrons. The lowest BCUT2D eigenvalue weighted by Gasteiger charge is -2.33. The summed E-state index contributed by atoms with van der Waals surface area (Å²) < 4.78 is 87.7. The molecular formula is C38H49F3N6O10S. The first kappa shape index (κ1) is 42.9. The van der Waals surface area contributed by atoms with Gasteiger partial charge in [-0.1, -0.05) is 19.1 Å². The summed E-state index contributed by atoms with van der Waals surface area (Å²) >= 11 is 0. The van der Waals surface area contributed by atoms with Crippen molar-refractivity contribution >= 4 is 44.9 Å². The monoisotopic (exact) mass is 838 g/mol. The largest absolute Gasteiger partial charge is 0.491 e. The van der Waals surface area contributed by atoms with Gasteiger partial charge < -0.3 is 34.9 Å². The van der Waals surface area contributed by atoms with Crippen LogP contribution in [0.15, 0.2) is 30.4 Å². The number of benzene rings is 1. The van der Waals surface area contributed by atoms with Crippen molar-refractivity contribution in [3.05, 3.63) is 36.0 Å². The smallest absolute Gasteiger partial charge is 0.438 e. The molecule has 3 fully saturated rings. The van der Waals surface area contributed by atoms with E-state index in [9.17, 15) is 45.9 Å². The third-order valence-corrected chi connectivity index (χ3v) is 13.4. The van der Waals surface area contributed by atoms with E-state index in [1.165, 1.54) is 32.2 Å². The van der Waals surface area contributed by atoms with Crippen LogP contribution >= 0.6 is 0 Å². The number of halogens is 3. The molecule has 2 aliphatic carbocycles. The Balaban J connectivity index is 1.39. The Bertz CT molecular complexity index is 2080. The number of alkyl halides is 3. The van der Waals surface area contributed by atoms with Crippen LogP contribution < -0.4 is 24.8 Å². The molecule has 4 aliphatic rings. The average Bonchev–Trinajstić information content (AvgIpc) is 4.01. The number of hydrogen-bond acceptors (Lipinski definition) is 11. The molecule has 4 amide bonds. The molecule has 1 aromatic carbocycles. The number of fused-ring (bicyclic) bond motifs is 3. The number of nitrogens with one attached hydrogen (secondary N) is 3. The lowest BCUT2D eigenvalue weighted by atomic mass is 9.87. The van der Waals surface area contributed by atoms with Gasteiger partial charge in [0, 0.05) is 31.4 Å². The Hall–Kier alpha value is -4.72. The predicted octanol–water partition coefficient (Wildman–Crippen LogP) is 3.93. The number of aromatic nitrogens is 2. The Kier molecular flexibility index (Phi) is 11.9. The number of methoxy groups -OCH3 is 1. The normalized spacial score (nSPS) is 29.3. The second-order valence-electron chi connectivity index (χ2n) is 16.3. The number of rotatable bonds is 10. The quantitative estimate of drug-likeness (QED) is 0.251. The Morgan fingerprint density at radius 2 is 1.86 bits per heavy atom. The van der Waals surface area contributed by atoms with E-state index in [1.54, 1.807) is 19.9 Å². The minimum Gasteiger partial charge on any atom is -0.491 e.